The van der Waals surface area contributed by atoms with Crippen LogP contribution in [0.2, 0.25) is 0 Å². The largest absolute Gasteiger partial charge is 0.367 e. The average molecular weight is 238 g/mol. The van der Waals surface area contributed by atoms with Crippen molar-refractivity contribution in [1.82, 2.24) is 0 Å². The Morgan fingerprint density at radius 3 is 2.61 bits per heavy atom. The maximum Gasteiger partial charge on any atom is 0.185 e. The lowest BCUT2D eigenvalue weighted by atomic mass is 10.1. The minimum atomic E-state index is -1.35. The summed E-state index contributed by atoms with van der Waals surface area (Å²) in [4.78, 5) is 0. The lowest BCUT2D eigenvalue weighted by Crippen LogP contribution is -2.18. The molecular formula is C16H14O2. The van der Waals surface area contributed by atoms with Gasteiger partial charge in [0.25, 0.3) is 0 Å². The fourth-order valence-electron chi connectivity index (χ4n) is 1.12. The van der Waals surface area contributed by atoms with Gasteiger partial charge in [-0.1, -0.05) is 41.9 Å². The fraction of sp³-hybridized carbons (Fsp3) is 0.250. The van der Waals surface area contributed by atoms with E-state index >= 15 is 0 Å². The second-order valence-corrected chi connectivity index (χ2v) is 3.69. The Labute approximate surface area is 108 Å². The Morgan fingerprint density at radius 2 is 1.94 bits per heavy atom. The molecule has 0 fully saturated rings. The van der Waals surface area contributed by atoms with Crippen molar-refractivity contribution in [2.45, 2.75) is 12.5 Å². The van der Waals surface area contributed by atoms with Gasteiger partial charge in [-0.05, 0) is 25.0 Å². The van der Waals surface area contributed by atoms with E-state index in [-0.39, 0.29) is 13.2 Å². The van der Waals surface area contributed by atoms with Gasteiger partial charge in [0.2, 0.25) is 0 Å². The van der Waals surface area contributed by atoms with E-state index < -0.39 is 5.60 Å². The number of ether oxygens (including phenoxy) is 1. The van der Waals surface area contributed by atoms with Crippen LogP contribution >= 0.6 is 0 Å². The van der Waals surface area contributed by atoms with Crippen molar-refractivity contribution in [3.8, 4) is 36.0 Å². The van der Waals surface area contributed by atoms with Gasteiger partial charge < -0.3 is 9.84 Å². The summed E-state index contributed by atoms with van der Waals surface area (Å²) in [6, 6.07) is 9.42. The third-order valence-corrected chi connectivity index (χ3v) is 1.92. The van der Waals surface area contributed by atoms with Crippen LogP contribution in [0.5, 0.6) is 0 Å². The first-order valence-corrected chi connectivity index (χ1v) is 5.46. The molecule has 1 aromatic rings. The molecule has 0 aliphatic rings. The topological polar surface area (TPSA) is 29.5 Å². The number of rotatable bonds is 2. The van der Waals surface area contributed by atoms with Crippen molar-refractivity contribution in [2.75, 3.05) is 13.2 Å². The molecular weight excluding hydrogens is 224 g/mol. The van der Waals surface area contributed by atoms with Crippen molar-refractivity contribution < 1.29 is 9.84 Å². The zero-order valence-corrected chi connectivity index (χ0v) is 10.2. The van der Waals surface area contributed by atoms with E-state index in [0.717, 1.165) is 5.56 Å². The molecule has 0 aromatic heterocycles. The first-order valence-electron chi connectivity index (χ1n) is 5.46. The summed E-state index contributed by atoms with van der Waals surface area (Å²) < 4.78 is 4.97. The molecule has 0 heterocycles. The smallest absolute Gasteiger partial charge is 0.185 e. The number of aliphatic hydroxyl groups is 1. The second-order valence-electron chi connectivity index (χ2n) is 3.69. The maximum atomic E-state index is 9.89. The summed E-state index contributed by atoms with van der Waals surface area (Å²) in [5.41, 5.74) is -0.516. The molecule has 0 bridgehead atoms. The van der Waals surface area contributed by atoms with Crippen LogP contribution in [0, 0.1) is 36.0 Å². The van der Waals surface area contributed by atoms with Crippen LogP contribution in [-0.2, 0) is 4.74 Å². The molecule has 1 aromatic carbocycles. The van der Waals surface area contributed by atoms with E-state index in [0.29, 0.717) is 0 Å². The van der Waals surface area contributed by atoms with Gasteiger partial charge >= 0.3 is 0 Å². The molecule has 1 unspecified atom stereocenters. The molecule has 90 valence electrons. The molecule has 2 nitrogen and oxygen atoms in total. The lowest BCUT2D eigenvalue weighted by molar-refractivity contribution is 0.181. The summed E-state index contributed by atoms with van der Waals surface area (Å²) in [6.45, 7) is 1.94. The summed E-state index contributed by atoms with van der Waals surface area (Å²) in [5, 5.41) is 9.89. The summed E-state index contributed by atoms with van der Waals surface area (Å²) in [5.74, 6) is 13.2. The minimum Gasteiger partial charge on any atom is -0.367 e. The van der Waals surface area contributed by atoms with Crippen molar-refractivity contribution >= 4 is 0 Å². The van der Waals surface area contributed by atoms with Gasteiger partial charge in [-0.25, -0.2) is 0 Å². The molecule has 0 saturated carbocycles. The zero-order chi connectivity index (χ0) is 13.3. The third kappa shape index (κ3) is 5.78. The van der Waals surface area contributed by atoms with Gasteiger partial charge in [0.15, 0.2) is 5.60 Å². The van der Waals surface area contributed by atoms with Gasteiger partial charge in [-0.15, -0.1) is 6.42 Å². The Balaban J connectivity index is 2.60. The van der Waals surface area contributed by atoms with E-state index in [9.17, 15) is 5.11 Å². The van der Waals surface area contributed by atoms with Gasteiger partial charge in [-0.3, -0.25) is 0 Å². The monoisotopic (exact) mass is 238 g/mol. The lowest BCUT2D eigenvalue weighted by Gasteiger charge is -2.06. The predicted octanol–water partition coefficient (Wildman–Crippen LogP) is 1.44. The Bertz CT molecular complexity index is 528. The highest BCUT2D eigenvalue weighted by atomic mass is 16.5. The van der Waals surface area contributed by atoms with E-state index in [1.165, 1.54) is 6.92 Å². The summed E-state index contributed by atoms with van der Waals surface area (Å²) in [6.07, 6.45) is 5.01. The Morgan fingerprint density at radius 1 is 1.22 bits per heavy atom. The van der Waals surface area contributed by atoms with E-state index in [1.54, 1.807) is 0 Å². The van der Waals surface area contributed by atoms with Crippen molar-refractivity contribution in [3.63, 3.8) is 0 Å². The molecule has 0 aliphatic carbocycles. The van der Waals surface area contributed by atoms with Crippen LogP contribution in [-0.4, -0.2) is 23.9 Å². The normalized spacial score (nSPS) is 12.1. The SMILES string of the molecule is C#CCOCC#CC(C)(O)C#Cc1ccccc1. The number of benzene rings is 1. The van der Waals surface area contributed by atoms with Gasteiger partial charge in [0.1, 0.15) is 13.2 Å². The van der Waals surface area contributed by atoms with Crippen LogP contribution in [0.1, 0.15) is 12.5 Å². The van der Waals surface area contributed by atoms with Crippen molar-refractivity contribution in [2.24, 2.45) is 0 Å². The summed E-state index contributed by atoms with van der Waals surface area (Å²) in [7, 11) is 0. The van der Waals surface area contributed by atoms with Crippen molar-refractivity contribution in [3.05, 3.63) is 35.9 Å². The quantitative estimate of drug-likeness (QED) is 0.624. The minimum absolute atomic E-state index is 0.188. The van der Waals surface area contributed by atoms with Crippen LogP contribution in [0.4, 0.5) is 0 Å². The molecule has 0 radical (unpaired) electrons. The summed E-state index contributed by atoms with van der Waals surface area (Å²) >= 11 is 0. The Kier molecular flexibility index (Phi) is 5.56. The third-order valence-electron chi connectivity index (χ3n) is 1.92. The fourth-order valence-corrected chi connectivity index (χ4v) is 1.12. The van der Waals surface area contributed by atoms with Crippen LogP contribution in [0.25, 0.3) is 0 Å². The molecule has 1 atom stereocenters. The highest BCUT2D eigenvalue weighted by molar-refractivity contribution is 5.39. The predicted molar refractivity (Wildman–Crippen MR) is 71.4 cm³/mol. The van der Waals surface area contributed by atoms with E-state index in [2.05, 4.69) is 29.6 Å². The highest BCUT2D eigenvalue weighted by Crippen LogP contribution is 2.01. The van der Waals surface area contributed by atoms with Crippen LogP contribution in [0.3, 0.4) is 0 Å². The molecule has 1 rings (SSSR count). The molecule has 0 amide bonds. The molecule has 0 spiro atoms. The number of hydrogen-bond acceptors (Lipinski definition) is 2. The standard InChI is InChI=1S/C16H14O2/c1-3-13-18-14-7-11-16(2,17)12-10-15-8-5-4-6-9-15/h1,4-6,8-9,17H,13-14H2,2H3. The average Bonchev–Trinajstić information content (AvgIpc) is 2.38. The number of terminal acetylenes is 1. The maximum absolute atomic E-state index is 9.89. The molecule has 1 N–H and O–H groups in total. The van der Waals surface area contributed by atoms with Gasteiger partial charge in [-0.2, -0.15) is 0 Å². The highest BCUT2D eigenvalue weighted by Gasteiger charge is 2.11. The van der Waals surface area contributed by atoms with Crippen molar-refractivity contribution in [1.29, 1.82) is 0 Å². The van der Waals surface area contributed by atoms with Gasteiger partial charge in [0.05, 0.1) is 0 Å². The Hall–Kier alpha value is -2.18. The van der Waals surface area contributed by atoms with Gasteiger partial charge in [0, 0.05) is 5.56 Å². The molecule has 0 saturated heterocycles. The number of hydrogen-bond donors (Lipinski definition) is 1. The zero-order valence-electron chi connectivity index (χ0n) is 10.2. The first kappa shape index (κ1) is 13.9. The van der Waals surface area contributed by atoms with E-state index in [4.69, 9.17) is 11.2 Å². The molecule has 18 heavy (non-hydrogen) atoms. The van der Waals surface area contributed by atoms with Crippen LogP contribution < -0.4 is 0 Å². The molecule has 2 heteroatoms. The van der Waals surface area contributed by atoms with E-state index in [1.807, 2.05) is 30.3 Å². The second kappa shape index (κ2) is 7.21. The van der Waals surface area contributed by atoms with Crippen LogP contribution in [0.15, 0.2) is 30.3 Å². The molecule has 0 aliphatic heterocycles. The first-order chi connectivity index (χ1) is 8.64.